The minimum Gasteiger partial charge on any atom is -0.489 e. The normalized spacial score (nSPS) is 15.1. The second kappa shape index (κ2) is 9.75. The Morgan fingerprint density at radius 3 is 2.33 bits per heavy atom. The Bertz CT molecular complexity index is 679. The highest BCUT2D eigenvalue weighted by molar-refractivity contribution is 5.50. The Balaban J connectivity index is 1.63. The summed E-state index contributed by atoms with van der Waals surface area (Å²) in [5, 5.41) is 3.46. The molecule has 1 saturated heterocycles. The number of hydrogen-bond donors (Lipinski definition) is 1. The summed E-state index contributed by atoms with van der Waals surface area (Å²) in [5.74, 6) is 1.33. The zero-order valence-corrected chi connectivity index (χ0v) is 16.5. The lowest BCUT2D eigenvalue weighted by molar-refractivity contribution is 0.306. The molecule has 1 N–H and O–H groups in total. The number of benzene rings is 2. The van der Waals surface area contributed by atoms with Gasteiger partial charge in [0.2, 0.25) is 0 Å². The highest BCUT2D eigenvalue weighted by Gasteiger charge is 2.21. The number of ether oxygens (including phenoxy) is 1. The number of anilines is 1. The van der Waals surface area contributed by atoms with Gasteiger partial charge in [-0.2, -0.15) is 0 Å². The summed E-state index contributed by atoms with van der Waals surface area (Å²) in [6, 6.07) is 15.5. The molecule has 4 heteroatoms. The van der Waals surface area contributed by atoms with Crippen LogP contribution in [-0.4, -0.2) is 25.7 Å². The third-order valence-electron chi connectivity index (χ3n) is 5.18. The van der Waals surface area contributed by atoms with Gasteiger partial charge in [0.05, 0.1) is 0 Å². The van der Waals surface area contributed by atoms with Gasteiger partial charge >= 0.3 is 0 Å². The van der Waals surface area contributed by atoms with Crippen molar-refractivity contribution < 1.29 is 9.13 Å². The van der Waals surface area contributed by atoms with Crippen LogP contribution in [0.1, 0.15) is 38.7 Å². The van der Waals surface area contributed by atoms with Crippen molar-refractivity contribution in [2.24, 2.45) is 5.92 Å². The van der Waals surface area contributed by atoms with Crippen molar-refractivity contribution in [1.29, 1.82) is 0 Å². The molecule has 0 aliphatic carbocycles. The van der Waals surface area contributed by atoms with Crippen molar-refractivity contribution in [2.75, 3.05) is 24.5 Å². The van der Waals surface area contributed by atoms with Gasteiger partial charge in [-0.15, -0.1) is 0 Å². The Labute approximate surface area is 162 Å². The van der Waals surface area contributed by atoms with Gasteiger partial charge < -0.3 is 15.0 Å². The second-order valence-corrected chi connectivity index (χ2v) is 7.77. The molecule has 2 aromatic rings. The fraction of sp³-hybridized carbons (Fsp3) is 0.478. The molecule has 0 amide bonds. The van der Waals surface area contributed by atoms with Gasteiger partial charge in [-0.1, -0.05) is 26.0 Å². The highest BCUT2D eigenvalue weighted by Crippen LogP contribution is 2.26. The van der Waals surface area contributed by atoms with Crippen LogP contribution in [0.4, 0.5) is 10.1 Å². The fourth-order valence-corrected chi connectivity index (χ4v) is 3.52. The molecule has 27 heavy (non-hydrogen) atoms. The van der Waals surface area contributed by atoms with Gasteiger partial charge in [-0.3, -0.25) is 0 Å². The molecule has 3 rings (SSSR count). The molecule has 0 radical (unpaired) electrons. The van der Waals surface area contributed by atoms with Crippen LogP contribution in [0.3, 0.4) is 0 Å². The summed E-state index contributed by atoms with van der Waals surface area (Å²) < 4.78 is 18.8. The molecule has 0 bridgehead atoms. The number of hydrogen-bond acceptors (Lipinski definition) is 3. The lowest BCUT2D eigenvalue weighted by atomic mass is 10.0. The third-order valence-corrected chi connectivity index (χ3v) is 5.18. The molecule has 0 spiro atoms. The minimum atomic E-state index is -0.220. The Morgan fingerprint density at radius 1 is 1.04 bits per heavy atom. The Hall–Kier alpha value is -2.07. The predicted octanol–water partition coefficient (Wildman–Crippen LogP) is 5.01. The zero-order chi connectivity index (χ0) is 19.1. The maximum atomic E-state index is 13.0. The molecular formula is C23H31FN2O. The van der Waals surface area contributed by atoms with E-state index >= 15 is 0 Å². The predicted molar refractivity (Wildman–Crippen MR) is 110 cm³/mol. The lowest BCUT2D eigenvalue weighted by Crippen LogP contribution is -2.44. The standard InChI is InChI=1S/C23H31FN2O/c1-18(2)13-16-26(22-11-14-25-15-12-22)21-7-9-23(10-8-21)27-17-19-3-5-20(24)6-4-19/h3-10,18,22,25H,11-17H2,1-2H3. The van der Waals surface area contributed by atoms with Gasteiger partial charge in [0.15, 0.2) is 0 Å². The third kappa shape index (κ3) is 5.96. The van der Waals surface area contributed by atoms with Gasteiger partial charge in [0.25, 0.3) is 0 Å². The Morgan fingerprint density at radius 2 is 1.70 bits per heavy atom. The molecule has 3 nitrogen and oxygen atoms in total. The number of halogens is 1. The van der Waals surface area contributed by atoms with Crippen molar-refractivity contribution in [3.05, 3.63) is 59.9 Å². The monoisotopic (exact) mass is 370 g/mol. The molecule has 1 fully saturated rings. The first-order valence-corrected chi connectivity index (χ1v) is 10.1. The van der Waals surface area contributed by atoms with Crippen molar-refractivity contribution in [2.45, 2.75) is 45.8 Å². The molecule has 0 saturated carbocycles. The van der Waals surface area contributed by atoms with Crippen molar-refractivity contribution in [1.82, 2.24) is 5.32 Å². The molecule has 1 aliphatic heterocycles. The minimum absolute atomic E-state index is 0.220. The molecule has 1 aliphatic rings. The maximum absolute atomic E-state index is 13.0. The average molecular weight is 371 g/mol. The molecular weight excluding hydrogens is 339 g/mol. The average Bonchev–Trinajstić information content (AvgIpc) is 2.69. The second-order valence-electron chi connectivity index (χ2n) is 7.77. The quantitative estimate of drug-likeness (QED) is 0.707. The van der Waals surface area contributed by atoms with Crippen LogP contribution in [0.2, 0.25) is 0 Å². The van der Waals surface area contributed by atoms with E-state index < -0.39 is 0 Å². The van der Waals surface area contributed by atoms with Crippen molar-refractivity contribution >= 4 is 5.69 Å². The molecule has 0 unspecified atom stereocenters. The van der Waals surface area contributed by atoms with Crippen LogP contribution in [-0.2, 0) is 6.61 Å². The number of nitrogens with zero attached hydrogens (tertiary/aromatic N) is 1. The number of piperidine rings is 1. The summed E-state index contributed by atoms with van der Waals surface area (Å²) in [5.41, 5.74) is 2.24. The van der Waals surface area contributed by atoms with E-state index in [1.807, 2.05) is 12.1 Å². The first kappa shape index (κ1) is 19.7. The zero-order valence-electron chi connectivity index (χ0n) is 16.5. The summed E-state index contributed by atoms with van der Waals surface area (Å²) in [6.07, 6.45) is 3.59. The maximum Gasteiger partial charge on any atom is 0.123 e. The largest absolute Gasteiger partial charge is 0.489 e. The first-order valence-electron chi connectivity index (χ1n) is 10.1. The van der Waals surface area contributed by atoms with Crippen LogP contribution >= 0.6 is 0 Å². The van der Waals surface area contributed by atoms with E-state index in [1.54, 1.807) is 12.1 Å². The molecule has 0 atom stereocenters. The number of nitrogens with one attached hydrogen (secondary N) is 1. The van der Waals surface area contributed by atoms with Crippen molar-refractivity contribution in [3.63, 3.8) is 0 Å². The lowest BCUT2D eigenvalue weighted by Gasteiger charge is -2.37. The van der Waals surface area contributed by atoms with Gasteiger partial charge in [0, 0.05) is 18.3 Å². The molecule has 2 aromatic carbocycles. The molecule has 1 heterocycles. The number of rotatable bonds is 8. The first-order chi connectivity index (χ1) is 13.1. The fourth-order valence-electron chi connectivity index (χ4n) is 3.52. The van der Waals surface area contributed by atoms with E-state index in [4.69, 9.17) is 4.74 Å². The summed E-state index contributed by atoms with van der Waals surface area (Å²) in [6.45, 7) is 8.31. The summed E-state index contributed by atoms with van der Waals surface area (Å²) in [7, 11) is 0. The van der Waals surface area contributed by atoms with Crippen LogP contribution < -0.4 is 15.0 Å². The molecule has 0 aromatic heterocycles. The van der Waals surface area contributed by atoms with Crippen LogP contribution in [0.5, 0.6) is 5.75 Å². The topological polar surface area (TPSA) is 24.5 Å². The van der Waals surface area contributed by atoms with Crippen LogP contribution in [0.15, 0.2) is 48.5 Å². The van der Waals surface area contributed by atoms with Gasteiger partial charge in [0.1, 0.15) is 18.2 Å². The van der Waals surface area contributed by atoms with Gasteiger partial charge in [-0.25, -0.2) is 4.39 Å². The van der Waals surface area contributed by atoms with Crippen molar-refractivity contribution in [3.8, 4) is 5.75 Å². The van der Waals surface area contributed by atoms with E-state index in [0.29, 0.717) is 18.6 Å². The van der Waals surface area contributed by atoms with Gasteiger partial charge in [-0.05, 0) is 80.2 Å². The summed E-state index contributed by atoms with van der Waals surface area (Å²) in [4.78, 5) is 2.57. The Kier molecular flexibility index (Phi) is 7.11. The molecule has 146 valence electrons. The van der Waals surface area contributed by atoms with Crippen LogP contribution in [0, 0.1) is 11.7 Å². The highest BCUT2D eigenvalue weighted by atomic mass is 19.1. The van der Waals surface area contributed by atoms with E-state index in [-0.39, 0.29) is 5.82 Å². The van der Waals surface area contributed by atoms with E-state index in [2.05, 4.69) is 36.2 Å². The van der Waals surface area contributed by atoms with E-state index in [0.717, 1.165) is 30.9 Å². The van der Waals surface area contributed by atoms with E-state index in [1.165, 1.54) is 37.1 Å². The van der Waals surface area contributed by atoms with E-state index in [9.17, 15) is 4.39 Å². The SMILES string of the molecule is CC(C)CCN(c1ccc(OCc2ccc(F)cc2)cc1)C1CCNCC1. The smallest absolute Gasteiger partial charge is 0.123 e. The summed E-state index contributed by atoms with van der Waals surface area (Å²) >= 11 is 0. The van der Waals surface area contributed by atoms with Crippen LogP contribution in [0.25, 0.3) is 0 Å².